The molecule has 2 N–H and O–H groups in total. The first-order valence-corrected chi connectivity index (χ1v) is 3.69. The van der Waals surface area contributed by atoms with Gasteiger partial charge in [0, 0.05) is 5.41 Å². The molecule has 0 amide bonds. The Morgan fingerprint density at radius 1 is 1.27 bits per heavy atom. The van der Waals surface area contributed by atoms with Crippen molar-refractivity contribution in [2.24, 2.45) is 11.3 Å². The molecule has 0 rings (SSSR count). The van der Waals surface area contributed by atoms with E-state index >= 15 is 0 Å². The Labute approximate surface area is 67.0 Å². The fraction of sp³-hybridized carbons (Fsp3) is 0.875. The first kappa shape index (κ1) is 10.6. The molecular weight excluding hydrogens is 144 g/mol. The second-order valence-corrected chi connectivity index (χ2v) is 3.68. The van der Waals surface area contributed by atoms with Crippen molar-refractivity contribution >= 4 is 5.78 Å². The van der Waals surface area contributed by atoms with E-state index in [0.29, 0.717) is 0 Å². The third-order valence-electron chi connectivity index (χ3n) is 1.55. The molecule has 0 aliphatic rings. The number of hydrogen-bond acceptors (Lipinski definition) is 3. The normalized spacial score (nSPS) is 12.2. The first-order valence-electron chi connectivity index (χ1n) is 3.69. The number of carbonyl (C=O) groups excluding carboxylic acids is 1. The van der Waals surface area contributed by atoms with E-state index in [2.05, 4.69) is 0 Å². The van der Waals surface area contributed by atoms with E-state index in [0.717, 1.165) is 0 Å². The van der Waals surface area contributed by atoms with Gasteiger partial charge in [-0.2, -0.15) is 0 Å². The fourth-order valence-electron chi connectivity index (χ4n) is 0.836. The number of rotatable bonds is 3. The molecule has 0 fully saturated rings. The predicted octanol–water partition coefficient (Wildman–Crippen LogP) is 0.202. The molecular formula is C8H16O3. The van der Waals surface area contributed by atoms with Crippen LogP contribution in [0.4, 0.5) is 0 Å². The topological polar surface area (TPSA) is 57.5 Å². The van der Waals surface area contributed by atoms with Crippen LogP contribution in [0, 0.1) is 11.3 Å². The monoisotopic (exact) mass is 160 g/mol. The number of hydrogen-bond donors (Lipinski definition) is 2. The summed E-state index contributed by atoms with van der Waals surface area (Å²) in [4.78, 5) is 11.3. The van der Waals surface area contributed by atoms with Gasteiger partial charge in [0.15, 0.2) is 0 Å². The summed E-state index contributed by atoms with van der Waals surface area (Å²) in [5.74, 6) is -0.711. The molecule has 0 aromatic carbocycles. The van der Waals surface area contributed by atoms with Gasteiger partial charge in [-0.1, -0.05) is 20.8 Å². The van der Waals surface area contributed by atoms with Gasteiger partial charge in [0.25, 0.3) is 0 Å². The van der Waals surface area contributed by atoms with E-state index in [4.69, 9.17) is 10.2 Å². The van der Waals surface area contributed by atoms with Gasteiger partial charge < -0.3 is 10.2 Å². The molecule has 0 bridgehead atoms. The summed E-state index contributed by atoms with van der Waals surface area (Å²) in [7, 11) is 0. The van der Waals surface area contributed by atoms with E-state index < -0.39 is 11.3 Å². The van der Waals surface area contributed by atoms with Crippen LogP contribution >= 0.6 is 0 Å². The lowest BCUT2D eigenvalue weighted by atomic mass is 9.84. The van der Waals surface area contributed by atoms with Gasteiger partial charge in [-0.05, 0) is 0 Å². The molecule has 66 valence electrons. The van der Waals surface area contributed by atoms with Gasteiger partial charge in [-0.15, -0.1) is 0 Å². The molecule has 3 heteroatoms. The zero-order valence-corrected chi connectivity index (χ0v) is 7.29. The Hall–Kier alpha value is -0.410. The summed E-state index contributed by atoms with van der Waals surface area (Å²) in [6, 6.07) is 0. The average Bonchev–Trinajstić information content (AvgIpc) is 1.88. The lowest BCUT2D eigenvalue weighted by molar-refractivity contribution is -0.133. The van der Waals surface area contributed by atoms with Crippen LogP contribution in [0.2, 0.25) is 0 Å². The maximum atomic E-state index is 11.3. The van der Waals surface area contributed by atoms with Crippen molar-refractivity contribution in [2.45, 2.75) is 20.8 Å². The lowest BCUT2D eigenvalue weighted by Gasteiger charge is -2.21. The maximum absolute atomic E-state index is 11.3. The second-order valence-electron chi connectivity index (χ2n) is 3.68. The molecule has 11 heavy (non-hydrogen) atoms. The molecule has 0 heterocycles. The smallest absolute Gasteiger partial charge is 0.145 e. The summed E-state index contributed by atoms with van der Waals surface area (Å²) >= 11 is 0. The van der Waals surface area contributed by atoms with Crippen molar-refractivity contribution in [3.8, 4) is 0 Å². The third kappa shape index (κ3) is 2.99. The Morgan fingerprint density at radius 2 is 1.64 bits per heavy atom. The third-order valence-corrected chi connectivity index (χ3v) is 1.55. The Morgan fingerprint density at radius 3 is 1.73 bits per heavy atom. The van der Waals surface area contributed by atoms with Crippen LogP contribution in [0.1, 0.15) is 20.8 Å². The van der Waals surface area contributed by atoms with Crippen molar-refractivity contribution < 1.29 is 15.0 Å². The van der Waals surface area contributed by atoms with E-state index in [1.54, 1.807) is 20.8 Å². The van der Waals surface area contributed by atoms with Gasteiger partial charge in [0.1, 0.15) is 5.78 Å². The van der Waals surface area contributed by atoms with Crippen LogP contribution in [0.5, 0.6) is 0 Å². The second kappa shape index (κ2) is 3.83. The summed E-state index contributed by atoms with van der Waals surface area (Å²) in [6.07, 6.45) is 0. The van der Waals surface area contributed by atoms with Crippen molar-refractivity contribution in [2.75, 3.05) is 13.2 Å². The van der Waals surface area contributed by atoms with E-state index in [1.165, 1.54) is 0 Å². The highest BCUT2D eigenvalue weighted by atomic mass is 16.3. The summed E-state index contributed by atoms with van der Waals surface area (Å²) in [6.45, 7) is 4.77. The molecule has 3 nitrogen and oxygen atoms in total. The number of ketones is 1. The summed E-state index contributed by atoms with van der Waals surface area (Å²) in [5.41, 5.74) is -0.476. The van der Waals surface area contributed by atoms with Crippen molar-refractivity contribution in [1.29, 1.82) is 0 Å². The van der Waals surface area contributed by atoms with Crippen LogP contribution in [-0.4, -0.2) is 29.2 Å². The van der Waals surface area contributed by atoms with Gasteiger partial charge in [-0.3, -0.25) is 4.79 Å². The summed E-state index contributed by atoms with van der Waals surface area (Å²) in [5, 5.41) is 17.4. The number of Topliss-reactive ketones (excluding diaryl/α,β-unsaturated/α-hetero) is 1. The SMILES string of the molecule is CC(C)(C)C(=O)C(CO)CO. The van der Waals surface area contributed by atoms with E-state index in [1.807, 2.05) is 0 Å². The Kier molecular flexibility index (Phi) is 3.69. The van der Waals surface area contributed by atoms with Crippen molar-refractivity contribution in [1.82, 2.24) is 0 Å². The number of aliphatic hydroxyl groups excluding tert-OH is 2. The summed E-state index contributed by atoms with van der Waals surface area (Å²) < 4.78 is 0. The van der Waals surface area contributed by atoms with Crippen LogP contribution < -0.4 is 0 Å². The number of aliphatic hydroxyl groups is 2. The minimum atomic E-state index is -0.616. The largest absolute Gasteiger partial charge is 0.396 e. The highest BCUT2D eigenvalue weighted by molar-refractivity contribution is 5.86. The Balaban J connectivity index is 4.22. The molecule has 0 saturated carbocycles. The lowest BCUT2D eigenvalue weighted by Crippen LogP contribution is -2.32. The number of carbonyl (C=O) groups is 1. The van der Waals surface area contributed by atoms with E-state index in [-0.39, 0.29) is 19.0 Å². The molecule has 0 aliphatic carbocycles. The zero-order chi connectivity index (χ0) is 9.07. The van der Waals surface area contributed by atoms with Gasteiger partial charge in [0.2, 0.25) is 0 Å². The first-order chi connectivity index (χ1) is 4.93. The molecule has 0 saturated heterocycles. The molecule has 0 aliphatic heterocycles. The van der Waals surface area contributed by atoms with E-state index in [9.17, 15) is 4.79 Å². The van der Waals surface area contributed by atoms with Crippen molar-refractivity contribution in [3.05, 3.63) is 0 Å². The predicted molar refractivity (Wildman–Crippen MR) is 42.1 cm³/mol. The van der Waals surface area contributed by atoms with Crippen LogP contribution in [0.15, 0.2) is 0 Å². The quantitative estimate of drug-likeness (QED) is 0.620. The molecule has 0 unspecified atom stereocenters. The highest BCUT2D eigenvalue weighted by Crippen LogP contribution is 2.19. The minimum Gasteiger partial charge on any atom is -0.396 e. The molecule has 0 aromatic rings. The zero-order valence-electron chi connectivity index (χ0n) is 7.29. The van der Waals surface area contributed by atoms with Gasteiger partial charge >= 0.3 is 0 Å². The molecule has 0 aromatic heterocycles. The molecule has 0 radical (unpaired) electrons. The van der Waals surface area contributed by atoms with Crippen LogP contribution in [0.3, 0.4) is 0 Å². The Bertz CT molecular complexity index is 131. The van der Waals surface area contributed by atoms with Crippen LogP contribution in [0.25, 0.3) is 0 Å². The minimum absolute atomic E-state index is 0.0949. The standard InChI is InChI=1S/C8H16O3/c1-8(2,3)7(11)6(4-9)5-10/h6,9-10H,4-5H2,1-3H3. The maximum Gasteiger partial charge on any atom is 0.145 e. The van der Waals surface area contributed by atoms with Gasteiger partial charge in [-0.25, -0.2) is 0 Å². The molecule has 0 atom stereocenters. The molecule has 0 spiro atoms. The fourth-order valence-corrected chi connectivity index (χ4v) is 0.836. The average molecular weight is 160 g/mol. The van der Waals surface area contributed by atoms with Gasteiger partial charge in [0.05, 0.1) is 19.1 Å². The van der Waals surface area contributed by atoms with Crippen molar-refractivity contribution in [3.63, 3.8) is 0 Å². The highest BCUT2D eigenvalue weighted by Gasteiger charge is 2.28. The van der Waals surface area contributed by atoms with Crippen LogP contribution in [-0.2, 0) is 4.79 Å².